The lowest BCUT2D eigenvalue weighted by molar-refractivity contribution is 0.102. The number of anilines is 1. The number of aromatic nitrogens is 3. The largest absolute Gasteiger partial charge is 0.508 e. The van der Waals surface area contributed by atoms with Crippen molar-refractivity contribution in [2.75, 3.05) is 19.0 Å². The molecule has 2 N–H and O–H groups in total. The molecule has 0 spiro atoms. The van der Waals surface area contributed by atoms with Crippen LogP contribution in [0.25, 0.3) is 16.6 Å². The molecule has 0 saturated heterocycles. The van der Waals surface area contributed by atoms with Crippen LogP contribution in [0.3, 0.4) is 0 Å². The molecule has 9 nitrogen and oxygen atoms in total. The highest BCUT2D eigenvalue weighted by molar-refractivity contribution is 6.05. The zero-order valence-corrected chi connectivity index (χ0v) is 21.2. The molecular weight excluding hydrogens is 503 g/mol. The molecule has 3 aromatic carbocycles. The van der Waals surface area contributed by atoms with Crippen molar-refractivity contribution >= 4 is 22.5 Å². The van der Waals surface area contributed by atoms with Gasteiger partial charge in [0.15, 0.2) is 11.6 Å². The summed E-state index contributed by atoms with van der Waals surface area (Å²) in [5.41, 5.74) is 1.15. The molecule has 0 atom stereocenters. The molecule has 0 aliphatic carbocycles. The molecule has 1 amide bonds. The highest BCUT2D eigenvalue weighted by Gasteiger charge is 2.24. The summed E-state index contributed by atoms with van der Waals surface area (Å²) in [5, 5.41) is 12.9. The summed E-state index contributed by atoms with van der Waals surface area (Å²) in [6.07, 6.45) is 1.49. The predicted molar refractivity (Wildman–Crippen MR) is 144 cm³/mol. The fourth-order valence-electron chi connectivity index (χ4n) is 4.35. The van der Waals surface area contributed by atoms with Crippen LogP contribution < -0.4 is 15.6 Å². The van der Waals surface area contributed by atoms with Gasteiger partial charge in [-0.05, 0) is 49.4 Å². The van der Waals surface area contributed by atoms with Gasteiger partial charge in [0.1, 0.15) is 17.1 Å². The van der Waals surface area contributed by atoms with Crippen molar-refractivity contribution < 1.29 is 23.8 Å². The van der Waals surface area contributed by atoms with Gasteiger partial charge in [0, 0.05) is 36.5 Å². The average Bonchev–Trinajstić information content (AvgIpc) is 3.18. The number of ether oxygens (including phenoxy) is 2. The lowest BCUT2D eigenvalue weighted by Crippen LogP contribution is -2.26. The van der Waals surface area contributed by atoms with Crippen molar-refractivity contribution in [3.05, 3.63) is 106 Å². The number of para-hydroxylation sites is 1. The first-order valence-corrected chi connectivity index (χ1v) is 12.1. The van der Waals surface area contributed by atoms with Gasteiger partial charge >= 0.3 is 0 Å². The molecule has 198 valence electrons. The number of hydrogen-bond acceptors (Lipinski definition) is 6. The van der Waals surface area contributed by atoms with E-state index in [-0.39, 0.29) is 22.7 Å². The van der Waals surface area contributed by atoms with Gasteiger partial charge in [0.2, 0.25) is 0 Å². The fourth-order valence-corrected chi connectivity index (χ4v) is 4.35. The number of benzene rings is 3. The first kappa shape index (κ1) is 25.7. The highest BCUT2D eigenvalue weighted by atomic mass is 19.1. The number of hydrogen-bond donors (Lipinski definition) is 2. The van der Waals surface area contributed by atoms with E-state index >= 15 is 4.39 Å². The molecule has 5 rings (SSSR count). The topological polar surface area (TPSA) is 108 Å². The molecule has 2 aromatic heterocycles. The highest BCUT2D eigenvalue weighted by Crippen LogP contribution is 2.32. The number of methoxy groups -OCH3 is 1. The van der Waals surface area contributed by atoms with E-state index < -0.39 is 17.3 Å². The lowest BCUT2D eigenvalue weighted by atomic mass is 10.2. The maximum atomic E-state index is 15.0. The summed E-state index contributed by atoms with van der Waals surface area (Å²) < 4.78 is 29.1. The Bertz CT molecular complexity index is 1730. The second kappa shape index (κ2) is 10.8. The third-order valence-corrected chi connectivity index (χ3v) is 6.23. The van der Waals surface area contributed by atoms with E-state index in [9.17, 15) is 14.7 Å². The molecule has 0 saturated carbocycles. The van der Waals surface area contributed by atoms with Crippen molar-refractivity contribution in [1.82, 2.24) is 14.3 Å². The lowest BCUT2D eigenvalue weighted by Gasteiger charge is -2.13. The number of halogens is 1. The van der Waals surface area contributed by atoms with E-state index in [0.29, 0.717) is 41.2 Å². The van der Waals surface area contributed by atoms with Crippen molar-refractivity contribution in [3.63, 3.8) is 0 Å². The molecule has 0 unspecified atom stereocenters. The number of rotatable bonds is 8. The van der Waals surface area contributed by atoms with E-state index in [2.05, 4.69) is 10.3 Å². The average molecular weight is 529 g/mol. The van der Waals surface area contributed by atoms with Crippen LogP contribution in [0.1, 0.15) is 16.1 Å². The summed E-state index contributed by atoms with van der Waals surface area (Å²) in [6.45, 7) is 2.37. The molecule has 0 aliphatic rings. The Hall–Kier alpha value is -4.96. The Morgan fingerprint density at radius 2 is 1.85 bits per heavy atom. The molecule has 10 heteroatoms. The van der Waals surface area contributed by atoms with Crippen LogP contribution in [0.15, 0.2) is 83.8 Å². The van der Waals surface area contributed by atoms with Gasteiger partial charge in [-0.15, -0.1) is 0 Å². The first-order valence-electron chi connectivity index (χ1n) is 12.1. The number of aromatic hydroxyl groups is 1. The second-order valence-corrected chi connectivity index (χ2v) is 8.74. The molecule has 0 bridgehead atoms. The Morgan fingerprint density at radius 1 is 1.05 bits per heavy atom. The number of pyridine rings is 1. The van der Waals surface area contributed by atoms with Crippen molar-refractivity contribution in [2.24, 2.45) is 0 Å². The van der Waals surface area contributed by atoms with Crippen LogP contribution >= 0.6 is 0 Å². The number of fused-ring (bicyclic) bond motifs is 1. The molecule has 0 fully saturated rings. The van der Waals surface area contributed by atoms with Gasteiger partial charge in [-0.25, -0.2) is 9.07 Å². The monoisotopic (exact) mass is 528 g/mol. The van der Waals surface area contributed by atoms with Crippen molar-refractivity contribution in [3.8, 4) is 22.9 Å². The van der Waals surface area contributed by atoms with Gasteiger partial charge < -0.3 is 19.9 Å². The van der Waals surface area contributed by atoms with E-state index in [1.807, 2.05) is 6.07 Å². The summed E-state index contributed by atoms with van der Waals surface area (Å²) in [4.78, 5) is 30.8. The second-order valence-electron chi connectivity index (χ2n) is 8.74. The van der Waals surface area contributed by atoms with Crippen LogP contribution in [0.5, 0.6) is 17.2 Å². The molecule has 2 heterocycles. The predicted octanol–water partition coefficient (Wildman–Crippen LogP) is 5.03. The Labute approximate surface area is 222 Å². The number of phenols is 1. The zero-order chi connectivity index (χ0) is 27.5. The number of nitrogens with one attached hydrogen (secondary N) is 1. The minimum absolute atomic E-state index is 0.0535. The SMILES string of the molecule is COCCn1c(C)c(C(=O)Nc2ccc(Oc3ccnc4cc(O)ccc34)c(F)c2)c(=O)n1-c1ccccc1. The normalized spacial score (nSPS) is 11.1. The molecule has 5 aromatic rings. The number of carbonyl (C=O) groups is 1. The van der Waals surface area contributed by atoms with Gasteiger partial charge in [-0.3, -0.25) is 19.3 Å². The van der Waals surface area contributed by atoms with Crippen LogP contribution in [0.4, 0.5) is 10.1 Å². The maximum Gasteiger partial charge on any atom is 0.284 e. The Balaban J connectivity index is 1.42. The minimum atomic E-state index is -0.715. The van der Waals surface area contributed by atoms with Crippen LogP contribution in [-0.4, -0.2) is 39.1 Å². The smallest absolute Gasteiger partial charge is 0.284 e. The molecule has 0 radical (unpaired) electrons. The zero-order valence-electron chi connectivity index (χ0n) is 21.2. The number of phenolic OH excluding ortho intramolecular Hbond substituents is 1. The van der Waals surface area contributed by atoms with Crippen molar-refractivity contribution in [2.45, 2.75) is 13.5 Å². The summed E-state index contributed by atoms with van der Waals surface area (Å²) in [5.74, 6) is -1.04. The van der Waals surface area contributed by atoms with E-state index in [1.165, 1.54) is 35.1 Å². The summed E-state index contributed by atoms with van der Waals surface area (Å²) in [6, 6.07) is 19.2. The Kier molecular flexibility index (Phi) is 7.11. The van der Waals surface area contributed by atoms with Gasteiger partial charge in [0.05, 0.1) is 30.0 Å². The maximum absolute atomic E-state index is 15.0. The van der Waals surface area contributed by atoms with Crippen LogP contribution in [0.2, 0.25) is 0 Å². The number of carbonyl (C=O) groups excluding carboxylic acids is 1. The Morgan fingerprint density at radius 3 is 2.59 bits per heavy atom. The quantitative estimate of drug-likeness (QED) is 0.293. The number of amides is 1. The van der Waals surface area contributed by atoms with E-state index in [0.717, 1.165) is 6.07 Å². The standard InChI is InChI=1S/C29H25FN4O5/c1-18-27(29(37)34(33(18)14-15-38-2)20-6-4-3-5-7-20)28(36)32-19-8-11-26(23(30)16-19)39-25-12-13-31-24-17-21(35)9-10-22(24)25/h3-13,16-17,35H,14-15H2,1-2H3,(H,32,36). The fraction of sp³-hybridized carbons (Fsp3) is 0.138. The molecular formula is C29H25FN4O5. The van der Waals surface area contributed by atoms with Crippen molar-refractivity contribution in [1.29, 1.82) is 0 Å². The summed E-state index contributed by atoms with van der Waals surface area (Å²) >= 11 is 0. The van der Waals surface area contributed by atoms with E-state index in [1.54, 1.807) is 55.1 Å². The molecule has 39 heavy (non-hydrogen) atoms. The first-order chi connectivity index (χ1) is 18.9. The van der Waals surface area contributed by atoms with E-state index in [4.69, 9.17) is 9.47 Å². The third-order valence-electron chi connectivity index (χ3n) is 6.23. The molecule has 0 aliphatic heterocycles. The van der Waals surface area contributed by atoms with Crippen LogP contribution in [0, 0.1) is 12.7 Å². The van der Waals surface area contributed by atoms with Gasteiger partial charge in [-0.1, -0.05) is 18.2 Å². The number of nitrogens with zero attached hydrogens (tertiary/aromatic N) is 3. The minimum Gasteiger partial charge on any atom is -0.508 e. The summed E-state index contributed by atoms with van der Waals surface area (Å²) in [7, 11) is 1.56. The van der Waals surface area contributed by atoms with Crippen LogP contribution in [-0.2, 0) is 11.3 Å². The van der Waals surface area contributed by atoms with Gasteiger partial charge in [-0.2, -0.15) is 0 Å². The third kappa shape index (κ3) is 5.10. The van der Waals surface area contributed by atoms with Gasteiger partial charge in [0.25, 0.3) is 11.5 Å².